The van der Waals surface area contributed by atoms with E-state index < -0.39 is 5.60 Å². The van der Waals surface area contributed by atoms with Crippen molar-refractivity contribution in [2.45, 2.75) is 40.2 Å². The van der Waals surface area contributed by atoms with Gasteiger partial charge in [0, 0.05) is 38.6 Å². The molecule has 0 radical (unpaired) electrons. The van der Waals surface area contributed by atoms with E-state index in [-0.39, 0.29) is 6.09 Å². The van der Waals surface area contributed by atoms with E-state index in [2.05, 4.69) is 27.3 Å². The van der Waals surface area contributed by atoms with Gasteiger partial charge in [-0.1, -0.05) is 18.2 Å². The van der Waals surface area contributed by atoms with Gasteiger partial charge in [-0.25, -0.2) is 14.8 Å². The van der Waals surface area contributed by atoms with Gasteiger partial charge < -0.3 is 14.5 Å². The zero-order valence-electron chi connectivity index (χ0n) is 17.3. The molecule has 3 heterocycles. The van der Waals surface area contributed by atoms with Crippen LogP contribution in [0.5, 0.6) is 0 Å². The lowest BCUT2D eigenvalue weighted by Gasteiger charge is -2.36. The predicted molar refractivity (Wildman–Crippen MR) is 111 cm³/mol. The molecule has 0 atom stereocenters. The molecule has 0 aliphatic carbocycles. The second kappa shape index (κ2) is 8.04. The Morgan fingerprint density at radius 2 is 1.89 bits per heavy atom. The van der Waals surface area contributed by atoms with E-state index in [1.807, 2.05) is 52.2 Å². The first-order valence-corrected chi connectivity index (χ1v) is 9.65. The molecule has 0 N–H and O–H groups in total. The van der Waals surface area contributed by atoms with Crippen molar-refractivity contribution >= 4 is 23.1 Å². The van der Waals surface area contributed by atoms with E-state index >= 15 is 0 Å². The first-order chi connectivity index (χ1) is 13.3. The zero-order chi connectivity index (χ0) is 20.3. The third-order valence-corrected chi connectivity index (χ3v) is 4.58. The lowest BCUT2D eigenvalue weighted by Crippen LogP contribution is -2.50. The normalized spacial score (nSPS) is 16.2. The van der Waals surface area contributed by atoms with E-state index in [0.29, 0.717) is 26.2 Å². The summed E-state index contributed by atoms with van der Waals surface area (Å²) in [4.78, 5) is 25.4. The molecule has 7 heteroatoms. The van der Waals surface area contributed by atoms with Crippen molar-refractivity contribution < 1.29 is 9.53 Å². The number of imidazole rings is 1. The van der Waals surface area contributed by atoms with Crippen molar-refractivity contribution in [2.75, 3.05) is 31.1 Å². The van der Waals surface area contributed by atoms with Crippen molar-refractivity contribution in [3.8, 4) is 0 Å². The van der Waals surface area contributed by atoms with Gasteiger partial charge in [-0.2, -0.15) is 0 Å². The van der Waals surface area contributed by atoms with Crippen LogP contribution in [0.4, 0.5) is 10.6 Å². The van der Waals surface area contributed by atoms with Crippen LogP contribution in [0.2, 0.25) is 0 Å². The Morgan fingerprint density at radius 3 is 2.54 bits per heavy atom. The number of piperazine rings is 1. The van der Waals surface area contributed by atoms with Crippen LogP contribution in [0.1, 0.15) is 40.3 Å². The Morgan fingerprint density at radius 1 is 1.18 bits per heavy atom. The number of carbonyl (C=O) groups is 1. The van der Waals surface area contributed by atoms with Crippen LogP contribution in [-0.2, 0) is 4.74 Å². The van der Waals surface area contributed by atoms with Crippen LogP contribution in [0.3, 0.4) is 0 Å². The number of anilines is 1. The molecule has 2 aromatic heterocycles. The molecule has 3 rings (SSSR count). The Kier molecular flexibility index (Phi) is 5.72. The van der Waals surface area contributed by atoms with Crippen LogP contribution in [0, 0.1) is 0 Å². The van der Waals surface area contributed by atoms with Crippen LogP contribution in [0.15, 0.2) is 36.8 Å². The maximum atomic E-state index is 12.3. The fraction of sp³-hybridized carbons (Fsp3) is 0.476. The molecule has 1 saturated heterocycles. The zero-order valence-corrected chi connectivity index (χ0v) is 17.3. The standard InChI is InChI=1S/C21H29N5O2/c1-6-7-8-16(2)17-15-23-18(19-22-9-10-26(17)19)24-11-13-25(14-12-24)20(27)28-21(3,4)5/h6-10,15H,11-14H2,1-5H3/b7-6-,16-8+. The highest BCUT2D eigenvalue weighted by Gasteiger charge is 2.27. The minimum atomic E-state index is -0.480. The average molecular weight is 383 g/mol. The molecular weight excluding hydrogens is 354 g/mol. The summed E-state index contributed by atoms with van der Waals surface area (Å²) in [5, 5.41) is 0. The third-order valence-electron chi connectivity index (χ3n) is 4.58. The van der Waals surface area contributed by atoms with Crippen LogP contribution >= 0.6 is 0 Å². The molecule has 7 nitrogen and oxygen atoms in total. The number of nitrogens with zero attached hydrogens (tertiary/aromatic N) is 5. The van der Waals surface area contributed by atoms with Crippen molar-refractivity contribution in [1.29, 1.82) is 0 Å². The van der Waals surface area contributed by atoms with Gasteiger partial charge in [-0.15, -0.1) is 0 Å². The van der Waals surface area contributed by atoms with E-state index in [1.54, 1.807) is 11.1 Å². The lowest BCUT2D eigenvalue weighted by atomic mass is 10.2. The number of aromatic nitrogens is 3. The molecule has 1 aliphatic heterocycles. The number of fused-ring (bicyclic) bond motifs is 1. The average Bonchev–Trinajstić information content (AvgIpc) is 3.14. The summed E-state index contributed by atoms with van der Waals surface area (Å²) in [6.07, 6.45) is 11.5. The topological polar surface area (TPSA) is 63.0 Å². The van der Waals surface area contributed by atoms with Gasteiger partial charge in [0.1, 0.15) is 5.60 Å². The molecule has 0 saturated carbocycles. The summed E-state index contributed by atoms with van der Waals surface area (Å²) in [7, 11) is 0. The second-order valence-electron chi connectivity index (χ2n) is 7.92. The molecule has 28 heavy (non-hydrogen) atoms. The van der Waals surface area contributed by atoms with Crippen LogP contribution in [0.25, 0.3) is 11.2 Å². The van der Waals surface area contributed by atoms with Gasteiger partial charge >= 0.3 is 6.09 Å². The highest BCUT2D eigenvalue weighted by Crippen LogP contribution is 2.24. The van der Waals surface area contributed by atoms with Gasteiger partial charge in [0.25, 0.3) is 0 Å². The fourth-order valence-electron chi connectivity index (χ4n) is 3.17. The minimum Gasteiger partial charge on any atom is -0.444 e. The quantitative estimate of drug-likeness (QED) is 0.755. The lowest BCUT2D eigenvalue weighted by molar-refractivity contribution is 0.0240. The molecule has 1 aliphatic rings. The molecule has 0 spiro atoms. The SMILES string of the molecule is C/C=C\C=C(/C)c1cnc(N2CCN(C(=O)OC(C)(C)C)CC2)c2nccn12. The van der Waals surface area contributed by atoms with Gasteiger partial charge in [0.2, 0.25) is 0 Å². The monoisotopic (exact) mass is 383 g/mol. The first-order valence-electron chi connectivity index (χ1n) is 9.65. The maximum absolute atomic E-state index is 12.3. The molecular formula is C21H29N5O2. The van der Waals surface area contributed by atoms with Gasteiger partial charge in [0.15, 0.2) is 11.5 Å². The number of hydrogen-bond acceptors (Lipinski definition) is 5. The van der Waals surface area contributed by atoms with Crippen LogP contribution < -0.4 is 4.90 Å². The largest absolute Gasteiger partial charge is 0.444 e. The molecule has 0 bridgehead atoms. The van der Waals surface area contributed by atoms with Crippen molar-refractivity contribution in [1.82, 2.24) is 19.3 Å². The third kappa shape index (κ3) is 4.35. The second-order valence-corrected chi connectivity index (χ2v) is 7.92. The number of amides is 1. The smallest absolute Gasteiger partial charge is 0.410 e. The van der Waals surface area contributed by atoms with E-state index in [1.165, 1.54) is 0 Å². The number of ether oxygens (including phenoxy) is 1. The molecule has 1 fully saturated rings. The first kappa shape index (κ1) is 19.9. The highest BCUT2D eigenvalue weighted by molar-refractivity contribution is 5.72. The molecule has 0 aromatic carbocycles. The summed E-state index contributed by atoms with van der Waals surface area (Å²) in [5.74, 6) is 0.844. The van der Waals surface area contributed by atoms with E-state index in [9.17, 15) is 4.79 Å². The molecule has 1 amide bonds. The summed E-state index contributed by atoms with van der Waals surface area (Å²) in [6, 6.07) is 0. The number of allylic oxidation sites excluding steroid dienone is 4. The summed E-state index contributed by atoms with van der Waals surface area (Å²) < 4.78 is 7.54. The predicted octanol–water partition coefficient (Wildman–Crippen LogP) is 3.77. The van der Waals surface area contributed by atoms with E-state index in [0.717, 1.165) is 22.7 Å². The Bertz CT molecular complexity index is 899. The minimum absolute atomic E-state index is 0.258. The summed E-state index contributed by atoms with van der Waals surface area (Å²) in [6.45, 7) is 12.3. The molecule has 150 valence electrons. The highest BCUT2D eigenvalue weighted by atomic mass is 16.6. The van der Waals surface area contributed by atoms with Gasteiger partial charge in [0.05, 0.1) is 11.9 Å². The number of carbonyl (C=O) groups excluding carboxylic acids is 1. The number of hydrogen-bond donors (Lipinski definition) is 0. The van der Waals surface area contributed by atoms with E-state index in [4.69, 9.17) is 9.72 Å². The fourth-order valence-corrected chi connectivity index (χ4v) is 3.17. The number of rotatable bonds is 3. The van der Waals surface area contributed by atoms with Gasteiger partial charge in [-0.3, -0.25) is 4.40 Å². The molecule has 0 unspecified atom stereocenters. The molecule has 2 aromatic rings. The van der Waals surface area contributed by atoms with Crippen LogP contribution in [-0.4, -0.2) is 57.1 Å². The summed E-state index contributed by atoms with van der Waals surface area (Å²) >= 11 is 0. The Hall–Kier alpha value is -2.83. The Balaban J connectivity index is 1.77. The maximum Gasteiger partial charge on any atom is 0.410 e. The van der Waals surface area contributed by atoms with Crippen molar-refractivity contribution in [3.05, 3.63) is 42.5 Å². The van der Waals surface area contributed by atoms with Crippen molar-refractivity contribution in [2.24, 2.45) is 0 Å². The Labute approximate surface area is 166 Å². The summed E-state index contributed by atoms with van der Waals surface area (Å²) in [5.41, 5.74) is 2.49. The van der Waals surface area contributed by atoms with Crippen molar-refractivity contribution in [3.63, 3.8) is 0 Å². The van der Waals surface area contributed by atoms with Gasteiger partial charge in [-0.05, 0) is 40.2 Å².